The Morgan fingerprint density at radius 2 is 1.80 bits per heavy atom. The molecule has 1 fully saturated rings. The van der Waals surface area contributed by atoms with E-state index in [0.717, 1.165) is 19.5 Å². The van der Waals surface area contributed by atoms with Crippen LogP contribution in [-0.4, -0.2) is 31.1 Å². The van der Waals surface area contributed by atoms with Crippen LogP contribution in [0.3, 0.4) is 0 Å². The fourth-order valence-electron chi connectivity index (χ4n) is 2.83. The molecule has 5 heteroatoms. The fourth-order valence-corrected chi connectivity index (χ4v) is 4.16. The second-order valence-electron chi connectivity index (χ2n) is 6.21. The first-order chi connectivity index (χ1) is 8.52. The number of hydrogen-bond donors (Lipinski definition) is 1. The maximum atomic E-state index is 3.45. The van der Waals surface area contributed by atoms with Crippen molar-refractivity contribution in [1.29, 1.82) is 0 Å². The van der Waals surface area contributed by atoms with Crippen LogP contribution >= 0.6 is 36.2 Å². The lowest BCUT2D eigenvalue weighted by Crippen LogP contribution is -2.48. The third-order valence-electron chi connectivity index (χ3n) is 3.64. The lowest BCUT2D eigenvalue weighted by Gasteiger charge is -2.41. The zero-order chi connectivity index (χ0) is 13.2. The molecule has 0 amide bonds. The van der Waals surface area contributed by atoms with Crippen molar-refractivity contribution in [2.45, 2.75) is 40.2 Å². The summed E-state index contributed by atoms with van der Waals surface area (Å²) in [5.74, 6) is 0. The number of piperazine rings is 1. The Morgan fingerprint density at radius 3 is 2.25 bits per heavy atom. The minimum atomic E-state index is 0. The molecule has 1 atom stereocenters. The van der Waals surface area contributed by atoms with E-state index in [1.807, 2.05) is 11.3 Å². The van der Waals surface area contributed by atoms with E-state index in [4.69, 9.17) is 0 Å². The van der Waals surface area contributed by atoms with Gasteiger partial charge in [0.2, 0.25) is 0 Å². The Hall–Kier alpha value is 0.200. The van der Waals surface area contributed by atoms with Crippen LogP contribution in [0.5, 0.6) is 0 Å². The van der Waals surface area contributed by atoms with E-state index >= 15 is 0 Å². The van der Waals surface area contributed by atoms with Gasteiger partial charge in [0, 0.05) is 42.0 Å². The molecular weight excluding hydrogens is 311 g/mol. The van der Waals surface area contributed by atoms with Crippen LogP contribution in [0.2, 0.25) is 0 Å². The number of halogens is 2. The minimum Gasteiger partial charge on any atom is -0.314 e. The van der Waals surface area contributed by atoms with Crippen molar-refractivity contribution in [3.05, 3.63) is 21.9 Å². The molecule has 2 rings (SSSR count). The molecule has 0 unspecified atom stereocenters. The van der Waals surface area contributed by atoms with E-state index in [0.29, 0.717) is 11.5 Å². The van der Waals surface area contributed by atoms with Gasteiger partial charge >= 0.3 is 0 Å². The van der Waals surface area contributed by atoms with Crippen molar-refractivity contribution in [3.63, 3.8) is 0 Å². The number of aryl methyl sites for hydroxylation is 1. The molecule has 1 aliphatic heterocycles. The topological polar surface area (TPSA) is 15.3 Å². The number of thiophene rings is 1. The summed E-state index contributed by atoms with van der Waals surface area (Å²) in [6.45, 7) is 13.9. The first-order valence-electron chi connectivity index (χ1n) is 7.05. The Morgan fingerprint density at radius 1 is 1.20 bits per heavy atom. The Balaban J connectivity index is 0.00000180. The average Bonchev–Trinajstić information content (AvgIpc) is 2.77. The predicted molar refractivity (Wildman–Crippen MR) is 94.8 cm³/mol. The van der Waals surface area contributed by atoms with Crippen molar-refractivity contribution in [3.8, 4) is 0 Å². The van der Waals surface area contributed by atoms with Crippen LogP contribution in [0.1, 0.15) is 43.5 Å². The minimum absolute atomic E-state index is 0. The van der Waals surface area contributed by atoms with Gasteiger partial charge in [-0.15, -0.1) is 36.2 Å². The molecule has 20 heavy (non-hydrogen) atoms. The van der Waals surface area contributed by atoms with Crippen molar-refractivity contribution < 1.29 is 0 Å². The molecule has 1 N–H and O–H groups in total. The van der Waals surface area contributed by atoms with E-state index in [1.54, 1.807) is 4.88 Å². The molecule has 2 heterocycles. The fraction of sp³-hybridized carbons (Fsp3) is 0.733. The van der Waals surface area contributed by atoms with Gasteiger partial charge in [0.25, 0.3) is 0 Å². The summed E-state index contributed by atoms with van der Waals surface area (Å²) in [6, 6.07) is 5.22. The Bertz CT molecular complexity index is 381. The lowest BCUT2D eigenvalue weighted by atomic mass is 9.84. The Labute approximate surface area is 140 Å². The highest BCUT2D eigenvalue weighted by atomic mass is 35.5. The van der Waals surface area contributed by atoms with Crippen molar-refractivity contribution >= 4 is 36.2 Å². The molecule has 118 valence electrons. The van der Waals surface area contributed by atoms with Gasteiger partial charge in [-0.05, 0) is 24.0 Å². The van der Waals surface area contributed by atoms with Gasteiger partial charge in [-0.2, -0.15) is 0 Å². The average molecular weight is 339 g/mol. The summed E-state index contributed by atoms with van der Waals surface area (Å²) in [5, 5.41) is 3.45. The molecule has 1 saturated heterocycles. The second-order valence-corrected chi connectivity index (χ2v) is 7.41. The highest BCUT2D eigenvalue weighted by Crippen LogP contribution is 2.41. The van der Waals surface area contributed by atoms with Crippen LogP contribution in [0.4, 0.5) is 0 Å². The van der Waals surface area contributed by atoms with E-state index in [9.17, 15) is 0 Å². The highest BCUT2D eigenvalue weighted by Gasteiger charge is 2.33. The van der Waals surface area contributed by atoms with Gasteiger partial charge in [0.1, 0.15) is 0 Å². The summed E-state index contributed by atoms with van der Waals surface area (Å²) in [4.78, 5) is 5.71. The predicted octanol–water partition coefficient (Wildman–Crippen LogP) is 4.15. The lowest BCUT2D eigenvalue weighted by molar-refractivity contribution is 0.0888. The molecule has 1 aromatic heterocycles. The molecule has 0 aromatic carbocycles. The summed E-state index contributed by atoms with van der Waals surface area (Å²) < 4.78 is 0. The molecule has 0 bridgehead atoms. The van der Waals surface area contributed by atoms with Crippen LogP contribution in [0.15, 0.2) is 12.1 Å². The van der Waals surface area contributed by atoms with Gasteiger partial charge in [-0.1, -0.05) is 27.7 Å². The monoisotopic (exact) mass is 338 g/mol. The van der Waals surface area contributed by atoms with Crippen LogP contribution < -0.4 is 5.32 Å². The van der Waals surface area contributed by atoms with E-state index in [-0.39, 0.29) is 24.8 Å². The van der Waals surface area contributed by atoms with Gasteiger partial charge < -0.3 is 5.32 Å². The summed E-state index contributed by atoms with van der Waals surface area (Å²) in [7, 11) is 0. The van der Waals surface area contributed by atoms with Crippen LogP contribution in [0, 0.1) is 5.41 Å². The quantitative estimate of drug-likeness (QED) is 0.890. The second kappa shape index (κ2) is 8.60. The smallest absolute Gasteiger partial charge is 0.0490 e. The number of hydrogen-bond acceptors (Lipinski definition) is 3. The third-order valence-corrected chi connectivity index (χ3v) is 4.92. The Kier molecular flexibility index (Phi) is 8.68. The van der Waals surface area contributed by atoms with Gasteiger partial charge in [-0.3, -0.25) is 4.90 Å². The molecule has 1 aliphatic rings. The number of nitrogens with zero attached hydrogens (tertiary/aromatic N) is 1. The molecule has 0 spiro atoms. The van der Waals surface area contributed by atoms with Crippen molar-refractivity contribution in [2.75, 3.05) is 26.2 Å². The molecule has 0 radical (unpaired) electrons. The molecule has 0 saturated carbocycles. The van der Waals surface area contributed by atoms with Gasteiger partial charge in [0.15, 0.2) is 0 Å². The first-order valence-corrected chi connectivity index (χ1v) is 7.87. The van der Waals surface area contributed by atoms with Crippen LogP contribution in [-0.2, 0) is 6.42 Å². The van der Waals surface area contributed by atoms with E-state index < -0.39 is 0 Å². The van der Waals surface area contributed by atoms with Crippen molar-refractivity contribution in [2.24, 2.45) is 5.41 Å². The van der Waals surface area contributed by atoms with Crippen molar-refractivity contribution in [1.82, 2.24) is 10.2 Å². The maximum Gasteiger partial charge on any atom is 0.0490 e. The normalized spacial score (nSPS) is 18.0. The number of nitrogens with one attached hydrogen (secondary N) is 1. The summed E-state index contributed by atoms with van der Waals surface area (Å²) in [6.07, 6.45) is 1.16. The zero-order valence-corrected chi connectivity index (χ0v) is 15.4. The van der Waals surface area contributed by atoms with Gasteiger partial charge in [-0.25, -0.2) is 0 Å². The maximum absolute atomic E-state index is 3.45. The summed E-state index contributed by atoms with van der Waals surface area (Å²) in [5.41, 5.74) is 0.299. The SMILES string of the molecule is CCc1ccc([C@@H](N2CCNCC2)C(C)(C)C)s1.Cl.Cl. The third kappa shape index (κ3) is 4.88. The molecule has 0 aliphatic carbocycles. The van der Waals surface area contributed by atoms with Gasteiger partial charge in [0.05, 0.1) is 0 Å². The molecular formula is C15H28Cl2N2S. The largest absolute Gasteiger partial charge is 0.314 e. The van der Waals surface area contributed by atoms with Crippen LogP contribution in [0.25, 0.3) is 0 Å². The summed E-state index contributed by atoms with van der Waals surface area (Å²) >= 11 is 2.00. The molecule has 1 aromatic rings. The highest BCUT2D eigenvalue weighted by molar-refractivity contribution is 7.12. The first kappa shape index (κ1) is 20.2. The standard InChI is InChI=1S/C15H26N2S.2ClH/c1-5-12-6-7-13(18-12)14(15(2,3)4)17-10-8-16-9-11-17;;/h6-7,14,16H,5,8-11H2,1-4H3;2*1H/t14-;;/m1../s1. The van der Waals surface area contributed by atoms with E-state index in [1.165, 1.54) is 18.0 Å². The van der Waals surface area contributed by atoms with E-state index in [2.05, 4.69) is 50.0 Å². The zero-order valence-electron chi connectivity index (χ0n) is 12.9. The number of rotatable bonds is 3. The molecule has 2 nitrogen and oxygen atoms in total.